The normalized spacial score (nSPS) is 22.5. The van der Waals surface area contributed by atoms with Crippen molar-refractivity contribution in [1.29, 1.82) is 0 Å². The highest BCUT2D eigenvalue weighted by Crippen LogP contribution is 2.47. The molecule has 0 spiro atoms. The predicted molar refractivity (Wildman–Crippen MR) is 88.0 cm³/mol. The number of nitrogens with one attached hydrogen (secondary N) is 1. The molecule has 1 saturated heterocycles. The highest BCUT2D eigenvalue weighted by atomic mass is 79.9. The Morgan fingerprint density at radius 1 is 1.20 bits per heavy atom. The van der Waals surface area contributed by atoms with E-state index in [1.165, 1.54) is 19.3 Å². The van der Waals surface area contributed by atoms with Gasteiger partial charge in [-0.05, 0) is 30.9 Å². The van der Waals surface area contributed by atoms with E-state index in [9.17, 15) is 5.11 Å². The molecule has 2 fully saturated rings. The van der Waals surface area contributed by atoms with E-state index in [1.54, 1.807) is 0 Å². The molecule has 0 amide bonds. The summed E-state index contributed by atoms with van der Waals surface area (Å²) in [7, 11) is 0. The lowest BCUT2D eigenvalue weighted by Gasteiger charge is -2.43. The molecule has 3 rings (SSSR count). The number of benzene rings is 1. The van der Waals surface area contributed by atoms with Gasteiger partial charge in [-0.2, -0.15) is 0 Å². The molecule has 0 unspecified atom stereocenters. The molecular weight excluding hydrogens is 384 g/mol. The largest absolute Gasteiger partial charge is 0.508 e. The molecule has 1 saturated carbocycles. The van der Waals surface area contributed by atoms with Crippen molar-refractivity contribution in [2.24, 2.45) is 5.92 Å². The van der Waals surface area contributed by atoms with Crippen molar-refractivity contribution < 1.29 is 5.11 Å². The minimum Gasteiger partial charge on any atom is -0.508 e. The lowest BCUT2D eigenvalue weighted by molar-refractivity contribution is 0.0814. The van der Waals surface area contributed by atoms with Gasteiger partial charge in [0.1, 0.15) is 5.75 Å². The van der Waals surface area contributed by atoms with Crippen molar-refractivity contribution in [3.8, 4) is 5.75 Å². The van der Waals surface area contributed by atoms with E-state index in [0.717, 1.165) is 40.7 Å². The van der Waals surface area contributed by atoms with Gasteiger partial charge in [0.15, 0.2) is 0 Å². The van der Waals surface area contributed by atoms with E-state index in [2.05, 4.69) is 42.1 Å². The number of rotatable bonds is 3. The van der Waals surface area contributed by atoms with Gasteiger partial charge < -0.3 is 10.4 Å². The van der Waals surface area contributed by atoms with Crippen molar-refractivity contribution in [1.82, 2.24) is 10.2 Å². The maximum absolute atomic E-state index is 10.4. The van der Waals surface area contributed by atoms with Crippen LogP contribution in [0.4, 0.5) is 0 Å². The van der Waals surface area contributed by atoms with Gasteiger partial charge in [0.05, 0.1) is 0 Å². The summed E-state index contributed by atoms with van der Waals surface area (Å²) in [4.78, 5) is 2.54. The fraction of sp³-hybridized carbons (Fsp3) is 0.600. The van der Waals surface area contributed by atoms with Crippen LogP contribution in [0.25, 0.3) is 0 Å². The lowest BCUT2D eigenvalue weighted by atomic mass is 9.76. The molecule has 3 nitrogen and oxygen atoms in total. The van der Waals surface area contributed by atoms with Gasteiger partial charge in [0, 0.05) is 46.7 Å². The van der Waals surface area contributed by atoms with Gasteiger partial charge in [0.2, 0.25) is 0 Å². The first-order valence-electron chi connectivity index (χ1n) is 7.29. The maximum Gasteiger partial charge on any atom is 0.122 e. The maximum atomic E-state index is 10.4. The first-order chi connectivity index (χ1) is 9.66. The van der Waals surface area contributed by atoms with Crippen molar-refractivity contribution in [3.63, 3.8) is 0 Å². The molecule has 2 N–H and O–H groups in total. The molecule has 1 aliphatic carbocycles. The Hall–Kier alpha value is -0.100. The summed E-state index contributed by atoms with van der Waals surface area (Å²) in [5.41, 5.74) is 1.07. The number of hydrogen-bond donors (Lipinski definition) is 2. The first kappa shape index (κ1) is 14.8. The number of nitrogens with zero attached hydrogens (tertiary/aromatic N) is 1. The Labute approximate surface area is 137 Å². The van der Waals surface area contributed by atoms with Crippen LogP contribution in [-0.4, -0.2) is 36.2 Å². The Morgan fingerprint density at radius 2 is 1.90 bits per heavy atom. The number of phenols is 1. The number of halogens is 2. The fourth-order valence-electron chi connectivity index (χ4n) is 3.30. The van der Waals surface area contributed by atoms with Gasteiger partial charge in [-0.15, -0.1) is 0 Å². The second-order valence-electron chi connectivity index (χ2n) is 5.74. The molecule has 1 aliphatic heterocycles. The van der Waals surface area contributed by atoms with Crippen LogP contribution < -0.4 is 5.32 Å². The van der Waals surface area contributed by atoms with Gasteiger partial charge in [0.25, 0.3) is 0 Å². The van der Waals surface area contributed by atoms with Crippen LogP contribution in [0, 0.1) is 5.92 Å². The van der Waals surface area contributed by atoms with Crippen LogP contribution >= 0.6 is 31.9 Å². The van der Waals surface area contributed by atoms with Crippen molar-refractivity contribution in [3.05, 3.63) is 26.6 Å². The zero-order chi connectivity index (χ0) is 14.1. The smallest absolute Gasteiger partial charge is 0.122 e. The number of hydrogen-bond acceptors (Lipinski definition) is 3. The second kappa shape index (κ2) is 6.34. The Kier molecular flexibility index (Phi) is 4.70. The molecule has 1 atom stereocenters. The van der Waals surface area contributed by atoms with E-state index in [4.69, 9.17) is 0 Å². The standard InChI is InChI=1S/C15H20Br2N2O/c16-11-8-12(17)14(13(20)9-11)15(10-2-1-3-10)19-6-4-18-5-7-19/h8-10,15,18,20H,1-7H2/t15-/m0/s1. The highest BCUT2D eigenvalue weighted by molar-refractivity contribution is 9.11. The van der Waals surface area contributed by atoms with E-state index < -0.39 is 0 Å². The summed E-state index contributed by atoms with van der Waals surface area (Å²) < 4.78 is 1.93. The summed E-state index contributed by atoms with van der Waals surface area (Å²) in [6, 6.07) is 4.20. The minimum atomic E-state index is 0.341. The van der Waals surface area contributed by atoms with E-state index in [-0.39, 0.29) is 0 Å². The molecule has 0 aromatic heterocycles. The highest BCUT2D eigenvalue weighted by Gasteiger charge is 2.36. The Balaban J connectivity index is 1.96. The summed E-state index contributed by atoms with van der Waals surface area (Å²) in [6.45, 7) is 4.20. The van der Waals surface area contributed by atoms with Crippen LogP contribution in [0.15, 0.2) is 21.1 Å². The number of piperazine rings is 1. The van der Waals surface area contributed by atoms with Crippen molar-refractivity contribution in [2.75, 3.05) is 26.2 Å². The van der Waals surface area contributed by atoms with Gasteiger partial charge in [-0.1, -0.05) is 38.3 Å². The van der Waals surface area contributed by atoms with Crippen LogP contribution in [0.5, 0.6) is 5.75 Å². The third kappa shape index (κ3) is 2.91. The third-order valence-corrected chi connectivity index (χ3v) is 5.62. The molecule has 5 heteroatoms. The number of phenolic OH excluding ortho intramolecular Hbond substituents is 1. The average Bonchev–Trinajstić information content (AvgIpc) is 2.35. The summed E-state index contributed by atoms with van der Waals surface area (Å²) in [5, 5.41) is 13.9. The molecule has 1 heterocycles. The third-order valence-electron chi connectivity index (χ3n) is 4.51. The van der Waals surface area contributed by atoms with Crippen LogP contribution in [-0.2, 0) is 0 Å². The minimum absolute atomic E-state index is 0.341. The Morgan fingerprint density at radius 3 is 2.45 bits per heavy atom. The van der Waals surface area contributed by atoms with Crippen LogP contribution in [0.1, 0.15) is 30.9 Å². The quantitative estimate of drug-likeness (QED) is 0.808. The SMILES string of the molecule is Oc1cc(Br)cc(Br)c1[C@H](C1CCC1)N1CCNCC1. The van der Waals surface area contributed by atoms with Gasteiger partial charge in [-0.3, -0.25) is 4.90 Å². The fourth-order valence-corrected chi connectivity index (χ4v) is 4.73. The topological polar surface area (TPSA) is 35.5 Å². The molecule has 2 aliphatic rings. The summed E-state index contributed by atoms with van der Waals surface area (Å²) >= 11 is 7.10. The molecule has 20 heavy (non-hydrogen) atoms. The van der Waals surface area contributed by atoms with Crippen LogP contribution in [0.2, 0.25) is 0 Å². The Bertz CT molecular complexity index is 462. The monoisotopic (exact) mass is 402 g/mol. The zero-order valence-corrected chi connectivity index (χ0v) is 14.6. The van der Waals surface area contributed by atoms with Crippen LogP contribution in [0.3, 0.4) is 0 Å². The lowest BCUT2D eigenvalue weighted by Crippen LogP contribution is -2.48. The predicted octanol–water partition coefficient (Wildman–Crippen LogP) is 3.66. The summed E-state index contributed by atoms with van der Waals surface area (Å²) in [5.74, 6) is 1.08. The van der Waals surface area contributed by atoms with E-state index in [0.29, 0.717) is 17.7 Å². The molecular formula is C15H20Br2N2O. The average molecular weight is 404 g/mol. The number of aromatic hydroxyl groups is 1. The summed E-state index contributed by atoms with van der Waals surface area (Å²) in [6.07, 6.45) is 3.87. The first-order valence-corrected chi connectivity index (χ1v) is 8.88. The van der Waals surface area contributed by atoms with E-state index >= 15 is 0 Å². The molecule has 110 valence electrons. The van der Waals surface area contributed by atoms with Crippen molar-refractivity contribution >= 4 is 31.9 Å². The molecule has 1 aromatic rings. The molecule has 0 bridgehead atoms. The molecule has 0 radical (unpaired) electrons. The van der Waals surface area contributed by atoms with Crippen molar-refractivity contribution in [2.45, 2.75) is 25.3 Å². The second-order valence-corrected chi connectivity index (χ2v) is 7.51. The van der Waals surface area contributed by atoms with Gasteiger partial charge in [-0.25, -0.2) is 0 Å². The van der Waals surface area contributed by atoms with E-state index in [1.807, 2.05) is 12.1 Å². The molecule has 1 aromatic carbocycles. The zero-order valence-electron chi connectivity index (χ0n) is 11.4. The van der Waals surface area contributed by atoms with Gasteiger partial charge >= 0.3 is 0 Å².